The second-order valence-corrected chi connectivity index (χ2v) is 5.64. The van der Waals surface area contributed by atoms with Gasteiger partial charge in [-0.25, -0.2) is 9.97 Å². The molecule has 0 radical (unpaired) electrons. The lowest BCUT2D eigenvalue weighted by molar-refractivity contribution is 0.637. The number of aromatic nitrogens is 4. The van der Waals surface area contributed by atoms with Gasteiger partial charge in [-0.15, -0.1) is 0 Å². The van der Waals surface area contributed by atoms with Crippen LogP contribution in [0.25, 0.3) is 10.3 Å². The van der Waals surface area contributed by atoms with Crippen molar-refractivity contribution in [3.8, 4) is 0 Å². The molecule has 0 spiro atoms. The Morgan fingerprint density at radius 3 is 3.17 bits per heavy atom. The van der Waals surface area contributed by atoms with Gasteiger partial charge in [0.1, 0.15) is 0 Å². The van der Waals surface area contributed by atoms with Gasteiger partial charge in [0, 0.05) is 18.9 Å². The third-order valence-electron chi connectivity index (χ3n) is 2.38. The van der Waals surface area contributed by atoms with E-state index in [1.807, 2.05) is 23.0 Å². The first-order chi connectivity index (χ1) is 8.81. The Morgan fingerprint density at radius 2 is 2.39 bits per heavy atom. The molecular formula is C11H10BrN5S. The van der Waals surface area contributed by atoms with Gasteiger partial charge in [-0.1, -0.05) is 11.3 Å². The predicted molar refractivity (Wildman–Crippen MR) is 75.8 cm³/mol. The van der Waals surface area contributed by atoms with E-state index < -0.39 is 0 Å². The van der Waals surface area contributed by atoms with E-state index in [1.54, 1.807) is 23.7 Å². The summed E-state index contributed by atoms with van der Waals surface area (Å²) >= 11 is 4.98. The van der Waals surface area contributed by atoms with Crippen molar-refractivity contribution >= 4 is 42.7 Å². The fraction of sp³-hybridized carbons (Fsp3) is 0.182. The summed E-state index contributed by atoms with van der Waals surface area (Å²) in [5, 5.41) is 8.37. The van der Waals surface area contributed by atoms with Crippen LogP contribution in [0.5, 0.6) is 0 Å². The molecule has 3 aromatic rings. The van der Waals surface area contributed by atoms with Gasteiger partial charge in [-0.05, 0) is 28.1 Å². The molecule has 0 saturated heterocycles. The SMILES string of the molecule is Brc1cnn(CCNc2nc3ncccc3s2)c1. The molecule has 0 unspecified atom stereocenters. The van der Waals surface area contributed by atoms with Crippen molar-refractivity contribution in [2.75, 3.05) is 11.9 Å². The summed E-state index contributed by atoms with van der Waals surface area (Å²) in [6.07, 6.45) is 5.48. The first-order valence-electron chi connectivity index (χ1n) is 5.45. The van der Waals surface area contributed by atoms with Crippen LogP contribution in [0, 0.1) is 0 Å². The number of anilines is 1. The second-order valence-electron chi connectivity index (χ2n) is 3.69. The molecule has 0 aliphatic carbocycles. The Kier molecular flexibility index (Phi) is 3.24. The fourth-order valence-electron chi connectivity index (χ4n) is 1.58. The van der Waals surface area contributed by atoms with E-state index in [0.29, 0.717) is 0 Å². The van der Waals surface area contributed by atoms with Gasteiger partial charge in [-0.3, -0.25) is 4.68 Å². The quantitative estimate of drug-likeness (QED) is 0.802. The van der Waals surface area contributed by atoms with Gasteiger partial charge in [0.25, 0.3) is 0 Å². The molecule has 92 valence electrons. The first kappa shape index (κ1) is 11.6. The van der Waals surface area contributed by atoms with E-state index in [9.17, 15) is 0 Å². The first-order valence-corrected chi connectivity index (χ1v) is 7.05. The molecule has 0 fully saturated rings. The van der Waals surface area contributed by atoms with Crippen molar-refractivity contribution in [1.82, 2.24) is 19.7 Å². The van der Waals surface area contributed by atoms with Crippen LogP contribution < -0.4 is 5.32 Å². The maximum absolute atomic E-state index is 4.41. The Bertz CT molecular complexity index is 629. The molecule has 7 heteroatoms. The van der Waals surface area contributed by atoms with Crippen molar-refractivity contribution < 1.29 is 0 Å². The van der Waals surface area contributed by atoms with Crippen molar-refractivity contribution in [3.05, 3.63) is 35.2 Å². The van der Waals surface area contributed by atoms with Gasteiger partial charge in [-0.2, -0.15) is 5.10 Å². The molecule has 0 bridgehead atoms. The third kappa shape index (κ3) is 2.51. The Hall–Kier alpha value is -1.47. The van der Waals surface area contributed by atoms with Crippen LogP contribution in [0.4, 0.5) is 5.13 Å². The smallest absolute Gasteiger partial charge is 0.185 e. The summed E-state index contributed by atoms with van der Waals surface area (Å²) in [5.41, 5.74) is 0.798. The Labute approximate surface area is 116 Å². The summed E-state index contributed by atoms with van der Waals surface area (Å²) in [6, 6.07) is 3.95. The van der Waals surface area contributed by atoms with E-state index in [0.717, 1.165) is 33.0 Å². The van der Waals surface area contributed by atoms with Crippen LogP contribution in [-0.2, 0) is 6.54 Å². The monoisotopic (exact) mass is 323 g/mol. The van der Waals surface area contributed by atoms with E-state index >= 15 is 0 Å². The Morgan fingerprint density at radius 1 is 1.44 bits per heavy atom. The molecule has 0 saturated carbocycles. The van der Waals surface area contributed by atoms with Crippen molar-refractivity contribution in [2.24, 2.45) is 0 Å². The lowest BCUT2D eigenvalue weighted by atomic mass is 10.5. The predicted octanol–water partition coefficient (Wildman–Crippen LogP) is 2.76. The molecule has 18 heavy (non-hydrogen) atoms. The molecule has 3 rings (SSSR count). The molecule has 0 aliphatic heterocycles. The zero-order valence-corrected chi connectivity index (χ0v) is 11.8. The minimum Gasteiger partial charge on any atom is -0.360 e. The highest BCUT2D eigenvalue weighted by atomic mass is 79.9. The maximum Gasteiger partial charge on any atom is 0.185 e. The molecule has 0 aromatic carbocycles. The zero-order valence-electron chi connectivity index (χ0n) is 9.38. The van der Waals surface area contributed by atoms with Crippen LogP contribution in [0.3, 0.4) is 0 Å². The summed E-state index contributed by atoms with van der Waals surface area (Å²) in [4.78, 5) is 8.61. The van der Waals surface area contributed by atoms with E-state index in [1.165, 1.54) is 0 Å². The van der Waals surface area contributed by atoms with Gasteiger partial charge in [0.15, 0.2) is 10.8 Å². The van der Waals surface area contributed by atoms with Gasteiger partial charge >= 0.3 is 0 Å². The average molecular weight is 324 g/mol. The number of nitrogens with one attached hydrogen (secondary N) is 1. The number of hydrogen-bond acceptors (Lipinski definition) is 5. The lowest BCUT2D eigenvalue weighted by Gasteiger charge is -2.01. The summed E-state index contributed by atoms with van der Waals surface area (Å²) in [6.45, 7) is 1.59. The lowest BCUT2D eigenvalue weighted by Crippen LogP contribution is -2.10. The molecule has 0 atom stereocenters. The molecule has 0 amide bonds. The Balaban J connectivity index is 1.62. The molecule has 3 heterocycles. The number of fused-ring (bicyclic) bond motifs is 1. The summed E-state index contributed by atoms with van der Waals surface area (Å²) in [5.74, 6) is 0. The average Bonchev–Trinajstić information content (AvgIpc) is 2.95. The van der Waals surface area contributed by atoms with Crippen LogP contribution in [-0.4, -0.2) is 26.3 Å². The van der Waals surface area contributed by atoms with Gasteiger partial charge < -0.3 is 5.32 Å². The van der Waals surface area contributed by atoms with Crippen LogP contribution in [0.2, 0.25) is 0 Å². The standard InChI is InChI=1S/C11H10BrN5S/c12-8-6-15-17(7-8)5-4-14-11-16-10-9(18-11)2-1-3-13-10/h1-3,6-7H,4-5H2,(H,13,14,16). The van der Waals surface area contributed by atoms with E-state index in [2.05, 4.69) is 36.3 Å². The third-order valence-corrected chi connectivity index (χ3v) is 3.76. The fourth-order valence-corrected chi connectivity index (χ4v) is 2.76. The van der Waals surface area contributed by atoms with Gasteiger partial charge in [0.2, 0.25) is 0 Å². The minimum atomic E-state index is 0.786. The summed E-state index contributed by atoms with van der Waals surface area (Å²) in [7, 11) is 0. The molecule has 1 N–H and O–H groups in total. The molecule has 0 aliphatic rings. The number of halogens is 1. The maximum atomic E-state index is 4.41. The van der Waals surface area contributed by atoms with Crippen molar-refractivity contribution in [1.29, 1.82) is 0 Å². The molecule has 3 aromatic heterocycles. The highest BCUT2D eigenvalue weighted by Gasteiger charge is 2.03. The molecular weight excluding hydrogens is 314 g/mol. The normalized spacial score (nSPS) is 10.9. The topological polar surface area (TPSA) is 55.6 Å². The highest BCUT2D eigenvalue weighted by Crippen LogP contribution is 2.23. The molecule has 5 nitrogen and oxygen atoms in total. The van der Waals surface area contributed by atoms with Crippen LogP contribution in [0.15, 0.2) is 35.2 Å². The number of rotatable bonds is 4. The number of nitrogens with zero attached hydrogens (tertiary/aromatic N) is 4. The van der Waals surface area contributed by atoms with Crippen LogP contribution >= 0.6 is 27.3 Å². The zero-order chi connectivity index (χ0) is 12.4. The van der Waals surface area contributed by atoms with Crippen LogP contribution in [0.1, 0.15) is 0 Å². The van der Waals surface area contributed by atoms with Crippen molar-refractivity contribution in [2.45, 2.75) is 6.54 Å². The second kappa shape index (κ2) is 5.03. The number of hydrogen-bond donors (Lipinski definition) is 1. The largest absolute Gasteiger partial charge is 0.360 e. The van der Waals surface area contributed by atoms with E-state index in [4.69, 9.17) is 0 Å². The van der Waals surface area contributed by atoms with Crippen molar-refractivity contribution in [3.63, 3.8) is 0 Å². The van der Waals surface area contributed by atoms with E-state index in [-0.39, 0.29) is 0 Å². The van der Waals surface area contributed by atoms with Gasteiger partial charge in [0.05, 0.1) is 21.9 Å². The number of pyridine rings is 1. The number of thiazole rings is 1. The highest BCUT2D eigenvalue weighted by molar-refractivity contribution is 9.10. The summed E-state index contributed by atoms with van der Waals surface area (Å²) < 4.78 is 3.97. The minimum absolute atomic E-state index is 0.786.